The molecule has 5 heteroatoms. The smallest absolute Gasteiger partial charge is 0.266 e. The minimum Gasteiger partial charge on any atom is -0.268 e. The zero-order chi connectivity index (χ0) is 21.4. The van der Waals surface area contributed by atoms with Crippen molar-refractivity contribution in [2.24, 2.45) is 0 Å². The first-order valence-electron chi connectivity index (χ1n) is 9.75. The van der Waals surface area contributed by atoms with E-state index in [1.807, 2.05) is 36.4 Å². The first kappa shape index (κ1) is 19.2. The van der Waals surface area contributed by atoms with E-state index in [4.69, 9.17) is 16.6 Å². The molecule has 1 aromatic heterocycles. The Morgan fingerprint density at radius 1 is 0.839 bits per heavy atom. The van der Waals surface area contributed by atoms with E-state index in [9.17, 15) is 9.18 Å². The minimum atomic E-state index is -0.542. The number of rotatable bonds is 3. The van der Waals surface area contributed by atoms with Crippen molar-refractivity contribution in [3.05, 3.63) is 118 Å². The van der Waals surface area contributed by atoms with Crippen LogP contribution in [0.3, 0.4) is 0 Å². The monoisotopic (exact) mass is 426 g/mol. The normalized spacial score (nSPS) is 11.5. The van der Waals surface area contributed by atoms with Gasteiger partial charge < -0.3 is 0 Å². The number of para-hydroxylation sites is 1. The number of hydrogen-bond donors (Lipinski definition) is 0. The Labute approximate surface area is 182 Å². The van der Waals surface area contributed by atoms with Gasteiger partial charge >= 0.3 is 0 Å². The molecule has 0 aliphatic carbocycles. The quantitative estimate of drug-likeness (QED) is 0.330. The molecule has 31 heavy (non-hydrogen) atoms. The van der Waals surface area contributed by atoms with Crippen LogP contribution in [0.15, 0.2) is 89.7 Å². The lowest BCUT2D eigenvalue weighted by Crippen LogP contribution is -2.22. The fourth-order valence-electron chi connectivity index (χ4n) is 3.70. The van der Waals surface area contributed by atoms with Crippen LogP contribution in [-0.2, 0) is 0 Å². The van der Waals surface area contributed by atoms with Crippen molar-refractivity contribution in [2.75, 3.05) is 0 Å². The van der Waals surface area contributed by atoms with Gasteiger partial charge in [0.25, 0.3) is 5.56 Å². The Balaban J connectivity index is 1.74. The summed E-state index contributed by atoms with van der Waals surface area (Å²) in [5, 5.41) is 2.64. The largest absolute Gasteiger partial charge is 0.268 e. The summed E-state index contributed by atoms with van der Waals surface area (Å²) in [6, 6.07) is 25.5. The van der Waals surface area contributed by atoms with Crippen molar-refractivity contribution in [2.45, 2.75) is 0 Å². The fraction of sp³-hybridized carbons (Fsp3) is 0. The molecule has 0 radical (unpaired) electrons. The van der Waals surface area contributed by atoms with Crippen molar-refractivity contribution in [3.8, 4) is 5.69 Å². The maximum Gasteiger partial charge on any atom is 0.266 e. The van der Waals surface area contributed by atoms with Crippen LogP contribution < -0.4 is 5.56 Å². The average Bonchev–Trinajstić information content (AvgIpc) is 2.80. The predicted molar refractivity (Wildman–Crippen MR) is 125 cm³/mol. The zero-order valence-electron chi connectivity index (χ0n) is 16.3. The van der Waals surface area contributed by atoms with E-state index < -0.39 is 5.82 Å². The summed E-state index contributed by atoms with van der Waals surface area (Å²) in [5.74, 6) is -0.112. The van der Waals surface area contributed by atoms with Crippen LogP contribution in [0, 0.1) is 5.82 Å². The highest BCUT2D eigenvalue weighted by molar-refractivity contribution is 6.30. The molecule has 0 atom stereocenters. The maximum absolute atomic E-state index is 13.7. The molecule has 0 unspecified atom stereocenters. The highest BCUT2D eigenvalue weighted by Crippen LogP contribution is 2.23. The zero-order valence-corrected chi connectivity index (χ0v) is 17.1. The van der Waals surface area contributed by atoms with Crippen molar-refractivity contribution >= 4 is 45.4 Å². The van der Waals surface area contributed by atoms with Gasteiger partial charge in [-0.25, -0.2) is 9.37 Å². The van der Waals surface area contributed by atoms with Gasteiger partial charge in [0.1, 0.15) is 11.6 Å². The molecule has 0 spiro atoms. The van der Waals surface area contributed by atoms with Gasteiger partial charge in [-0.1, -0.05) is 72.3 Å². The van der Waals surface area contributed by atoms with E-state index in [0.29, 0.717) is 22.4 Å². The minimum absolute atomic E-state index is 0.0541. The van der Waals surface area contributed by atoms with Crippen molar-refractivity contribution in [1.29, 1.82) is 0 Å². The van der Waals surface area contributed by atoms with E-state index in [-0.39, 0.29) is 10.6 Å². The van der Waals surface area contributed by atoms with E-state index >= 15 is 0 Å². The van der Waals surface area contributed by atoms with Crippen LogP contribution in [0.2, 0.25) is 5.02 Å². The highest BCUT2D eigenvalue weighted by Gasteiger charge is 2.12. The molecular weight excluding hydrogens is 411 g/mol. The van der Waals surface area contributed by atoms with Crippen molar-refractivity contribution in [3.63, 3.8) is 0 Å². The molecule has 3 nitrogen and oxygen atoms in total. The Bertz CT molecular complexity index is 1530. The molecule has 0 saturated heterocycles. The summed E-state index contributed by atoms with van der Waals surface area (Å²) >= 11 is 6.00. The molecule has 0 aliphatic rings. The summed E-state index contributed by atoms with van der Waals surface area (Å²) in [6.45, 7) is 0. The van der Waals surface area contributed by atoms with E-state index in [1.54, 1.807) is 24.3 Å². The number of hydrogen-bond acceptors (Lipinski definition) is 2. The molecule has 5 aromatic rings. The van der Waals surface area contributed by atoms with Gasteiger partial charge in [-0.3, -0.25) is 9.36 Å². The van der Waals surface area contributed by atoms with Crippen LogP contribution in [0.1, 0.15) is 11.4 Å². The van der Waals surface area contributed by atoms with Gasteiger partial charge in [-0.05, 0) is 52.7 Å². The van der Waals surface area contributed by atoms with E-state index in [1.165, 1.54) is 22.8 Å². The van der Waals surface area contributed by atoms with Gasteiger partial charge in [-0.2, -0.15) is 0 Å². The van der Waals surface area contributed by atoms with Crippen molar-refractivity contribution < 1.29 is 4.39 Å². The van der Waals surface area contributed by atoms with Crippen LogP contribution in [-0.4, -0.2) is 9.55 Å². The van der Waals surface area contributed by atoms with Gasteiger partial charge in [0.05, 0.1) is 21.6 Å². The SMILES string of the molecule is O=c1c2ccccc2nc(C=Cc2cccc3ccccc23)n1-c1ccc(F)c(Cl)c1. The second-order valence-corrected chi connectivity index (χ2v) is 7.54. The Kier molecular flexibility index (Phi) is 4.85. The molecule has 4 aromatic carbocycles. The number of fused-ring (bicyclic) bond motifs is 2. The third-order valence-electron chi connectivity index (χ3n) is 5.20. The van der Waals surface area contributed by atoms with Crippen LogP contribution in [0.5, 0.6) is 0 Å². The van der Waals surface area contributed by atoms with Crippen LogP contribution in [0.4, 0.5) is 4.39 Å². The van der Waals surface area contributed by atoms with E-state index in [0.717, 1.165) is 16.3 Å². The lowest BCUT2D eigenvalue weighted by atomic mass is 10.0. The van der Waals surface area contributed by atoms with Gasteiger partial charge in [0.15, 0.2) is 0 Å². The molecule has 5 rings (SSSR count). The van der Waals surface area contributed by atoms with Crippen LogP contribution in [0.25, 0.3) is 39.5 Å². The number of aromatic nitrogens is 2. The van der Waals surface area contributed by atoms with Crippen LogP contribution >= 0.6 is 11.6 Å². The second kappa shape index (κ2) is 7.82. The molecule has 0 N–H and O–H groups in total. The lowest BCUT2D eigenvalue weighted by molar-refractivity contribution is 0.627. The lowest BCUT2D eigenvalue weighted by Gasteiger charge is -2.12. The first-order chi connectivity index (χ1) is 15.1. The molecule has 0 bridgehead atoms. The summed E-state index contributed by atoms with van der Waals surface area (Å²) < 4.78 is 15.2. The summed E-state index contributed by atoms with van der Waals surface area (Å²) in [4.78, 5) is 18.0. The van der Waals surface area contributed by atoms with Gasteiger partial charge in [0, 0.05) is 0 Å². The number of nitrogens with zero attached hydrogens (tertiary/aromatic N) is 2. The third kappa shape index (κ3) is 3.51. The Morgan fingerprint density at radius 3 is 2.42 bits per heavy atom. The molecular formula is C26H16ClFN2O. The first-order valence-corrected chi connectivity index (χ1v) is 10.1. The Morgan fingerprint density at radius 2 is 1.58 bits per heavy atom. The third-order valence-corrected chi connectivity index (χ3v) is 5.49. The summed E-state index contributed by atoms with van der Waals surface area (Å²) in [7, 11) is 0. The standard InChI is InChI=1S/C26H16ClFN2O/c27-22-16-19(13-14-23(22)28)30-25(29-24-11-4-3-10-21(24)26(30)31)15-12-18-8-5-7-17-6-1-2-9-20(17)18/h1-16H. The van der Waals surface area contributed by atoms with Gasteiger partial charge in [0.2, 0.25) is 0 Å². The summed E-state index contributed by atoms with van der Waals surface area (Å²) in [5.41, 5.74) is 1.80. The fourth-order valence-corrected chi connectivity index (χ4v) is 3.87. The highest BCUT2D eigenvalue weighted by atomic mass is 35.5. The molecule has 0 fully saturated rings. The average molecular weight is 427 g/mol. The molecule has 1 heterocycles. The summed E-state index contributed by atoms with van der Waals surface area (Å²) in [6.07, 6.45) is 3.73. The van der Waals surface area contributed by atoms with Crippen molar-refractivity contribution in [1.82, 2.24) is 9.55 Å². The maximum atomic E-state index is 13.7. The predicted octanol–water partition coefficient (Wildman–Crippen LogP) is 6.50. The molecule has 150 valence electrons. The van der Waals surface area contributed by atoms with E-state index in [2.05, 4.69) is 18.2 Å². The second-order valence-electron chi connectivity index (χ2n) is 7.13. The number of benzene rings is 4. The molecule has 0 aliphatic heterocycles. The Hall–Kier alpha value is -3.76. The number of halogens is 2. The molecule has 0 saturated carbocycles. The van der Waals surface area contributed by atoms with Gasteiger partial charge in [-0.15, -0.1) is 0 Å². The topological polar surface area (TPSA) is 34.9 Å². The molecule has 0 amide bonds.